The molecule has 11 heteroatoms. The molecule has 0 unspecified atom stereocenters. The fraction of sp³-hybridized carbons (Fsp3) is 0.450. The number of hydrogen-bond donors (Lipinski definition) is 1. The monoisotopic (exact) mass is 453 g/mol. The van der Waals surface area contributed by atoms with E-state index in [0.29, 0.717) is 5.56 Å². The van der Waals surface area contributed by atoms with Crippen LogP contribution in [0.1, 0.15) is 24.2 Å². The van der Waals surface area contributed by atoms with Crippen molar-refractivity contribution in [3.8, 4) is 0 Å². The summed E-state index contributed by atoms with van der Waals surface area (Å²) in [6, 6.07) is 10.1. The highest BCUT2D eigenvalue weighted by Crippen LogP contribution is 2.48. The maximum atomic E-state index is 12.6. The second-order valence-electron chi connectivity index (χ2n) is 6.39. The van der Waals surface area contributed by atoms with Crippen LogP contribution in [0, 0.1) is 0 Å². The SMILES string of the molecule is CCOP(=O)(CO[C@H](COC)Cn1ccc(NC(=O)c2ccccc2)nc1=O)OCC. The van der Waals surface area contributed by atoms with Crippen LogP contribution in [-0.4, -0.2) is 54.8 Å². The fourth-order valence-corrected chi connectivity index (χ4v) is 4.08. The predicted octanol–water partition coefficient (Wildman–Crippen LogP) is 2.75. The summed E-state index contributed by atoms with van der Waals surface area (Å²) < 4.78 is 35.1. The van der Waals surface area contributed by atoms with Crippen LogP contribution in [0.3, 0.4) is 0 Å². The zero-order valence-electron chi connectivity index (χ0n) is 17.9. The average Bonchev–Trinajstić information content (AvgIpc) is 2.75. The molecular weight excluding hydrogens is 425 g/mol. The number of aromatic nitrogens is 2. The molecule has 2 aromatic rings. The first-order valence-corrected chi connectivity index (χ1v) is 11.6. The topological polar surface area (TPSA) is 118 Å². The highest BCUT2D eigenvalue weighted by molar-refractivity contribution is 7.53. The number of methoxy groups -OCH3 is 1. The number of anilines is 1. The van der Waals surface area contributed by atoms with Crippen molar-refractivity contribution in [1.29, 1.82) is 0 Å². The van der Waals surface area contributed by atoms with Crippen molar-refractivity contribution < 1.29 is 27.9 Å². The molecule has 10 nitrogen and oxygen atoms in total. The van der Waals surface area contributed by atoms with Crippen LogP contribution in [0.25, 0.3) is 0 Å². The lowest BCUT2D eigenvalue weighted by Crippen LogP contribution is -2.33. The van der Waals surface area contributed by atoms with E-state index in [1.807, 2.05) is 0 Å². The molecule has 0 saturated heterocycles. The molecular formula is C20H28N3O7P. The van der Waals surface area contributed by atoms with Gasteiger partial charge in [-0.15, -0.1) is 0 Å². The van der Waals surface area contributed by atoms with Gasteiger partial charge in [-0.3, -0.25) is 13.9 Å². The molecule has 0 radical (unpaired) electrons. The molecule has 0 aliphatic carbocycles. The smallest absolute Gasteiger partial charge is 0.356 e. The number of benzene rings is 1. The number of carbonyl (C=O) groups excluding carboxylic acids is 1. The van der Waals surface area contributed by atoms with Gasteiger partial charge in [0.1, 0.15) is 12.2 Å². The molecule has 31 heavy (non-hydrogen) atoms. The molecule has 1 atom stereocenters. The Morgan fingerprint density at radius 3 is 2.42 bits per heavy atom. The lowest BCUT2D eigenvalue weighted by atomic mass is 10.2. The molecule has 1 N–H and O–H groups in total. The van der Waals surface area contributed by atoms with Crippen LogP contribution >= 0.6 is 7.60 Å². The van der Waals surface area contributed by atoms with Crippen LogP contribution in [-0.2, 0) is 29.6 Å². The quantitative estimate of drug-likeness (QED) is 0.460. The van der Waals surface area contributed by atoms with Gasteiger partial charge in [0.05, 0.1) is 32.5 Å². The number of ether oxygens (including phenoxy) is 2. The molecule has 0 fully saturated rings. The van der Waals surface area contributed by atoms with Crippen molar-refractivity contribution in [3.05, 3.63) is 58.6 Å². The van der Waals surface area contributed by atoms with Gasteiger partial charge in [0, 0.05) is 18.9 Å². The third-order valence-corrected chi connectivity index (χ3v) is 5.79. The number of carbonyl (C=O) groups is 1. The summed E-state index contributed by atoms with van der Waals surface area (Å²) in [4.78, 5) is 28.5. The van der Waals surface area contributed by atoms with Gasteiger partial charge in [-0.05, 0) is 32.0 Å². The predicted molar refractivity (Wildman–Crippen MR) is 115 cm³/mol. The summed E-state index contributed by atoms with van der Waals surface area (Å²) in [5.74, 6) is -0.232. The first-order chi connectivity index (χ1) is 14.9. The zero-order valence-corrected chi connectivity index (χ0v) is 18.7. The summed E-state index contributed by atoms with van der Waals surface area (Å²) in [5.41, 5.74) is -0.122. The molecule has 0 saturated carbocycles. The first kappa shape index (κ1) is 24.9. The van der Waals surface area contributed by atoms with E-state index in [2.05, 4.69) is 10.3 Å². The molecule has 1 aromatic heterocycles. The van der Waals surface area contributed by atoms with Crippen LogP contribution < -0.4 is 11.0 Å². The summed E-state index contributed by atoms with van der Waals surface area (Å²) >= 11 is 0. The van der Waals surface area contributed by atoms with Gasteiger partial charge in [0.25, 0.3) is 5.91 Å². The maximum Gasteiger partial charge on any atom is 0.356 e. The molecule has 1 aromatic carbocycles. The van der Waals surface area contributed by atoms with Gasteiger partial charge in [-0.25, -0.2) is 4.79 Å². The van der Waals surface area contributed by atoms with E-state index in [4.69, 9.17) is 18.5 Å². The molecule has 0 aliphatic rings. The molecule has 0 spiro atoms. The number of amides is 1. The van der Waals surface area contributed by atoms with Crippen molar-refractivity contribution in [1.82, 2.24) is 9.55 Å². The molecule has 170 valence electrons. The standard InChI is InChI=1S/C20H28N3O7P/c1-4-29-31(26,30-5-2)15-28-17(14-27-3)13-23-12-11-18(22-20(23)25)21-19(24)16-9-7-6-8-10-16/h6-12,17H,4-5,13-15H2,1-3H3,(H,21,22,24,25)/t17-/m0/s1. The summed E-state index contributed by atoms with van der Waals surface area (Å²) in [6.07, 6.45) is 0.631. The molecule has 1 heterocycles. The second-order valence-corrected chi connectivity index (χ2v) is 8.38. The number of hydrogen-bond acceptors (Lipinski definition) is 8. The third kappa shape index (κ3) is 8.01. The summed E-state index contributed by atoms with van der Waals surface area (Å²) in [5, 5.41) is 2.59. The first-order valence-electron chi connectivity index (χ1n) is 9.83. The van der Waals surface area contributed by atoms with Crippen LogP contribution in [0.15, 0.2) is 47.4 Å². The lowest BCUT2D eigenvalue weighted by molar-refractivity contribution is -0.000174. The Labute approximate surface area is 181 Å². The highest BCUT2D eigenvalue weighted by atomic mass is 31.2. The van der Waals surface area contributed by atoms with E-state index in [9.17, 15) is 14.2 Å². The Morgan fingerprint density at radius 1 is 1.16 bits per heavy atom. The van der Waals surface area contributed by atoms with Gasteiger partial charge in [-0.1, -0.05) is 18.2 Å². The van der Waals surface area contributed by atoms with E-state index in [1.165, 1.54) is 23.9 Å². The normalized spacial score (nSPS) is 12.5. The maximum absolute atomic E-state index is 12.6. The van der Waals surface area contributed by atoms with E-state index in [1.54, 1.807) is 44.2 Å². The Morgan fingerprint density at radius 2 is 1.84 bits per heavy atom. The molecule has 0 bridgehead atoms. The number of rotatable bonds is 13. The zero-order chi connectivity index (χ0) is 22.7. The minimum absolute atomic E-state index is 0.102. The van der Waals surface area contributed by atoms with Crippen molar-refractivity contribution >= 4 is 19.3 Å². The molecule has 2 rings (SSSR count). The van der Waals surface area contributed by atoms with E-state index < -0.39 is 19.4 Å². The Kier molecular flexibility index (Phi) is 10.0. The largest absolute Gasteiger partial charge is 0.382 e. The van der Waals surface area contributed by atoms with Crippen molar-refractivity contribution in [3.63, 3.8) is 0 Å². The van der Waals surface area contributed by atoms with Gasteiger partial charge in [0.2, 0.25) is 0 Å². The van der Waals surface area contributed by atoms with Crippen molar-refractivity contribution in [2.45, 2.75) is 26.5 Å². The Balaban J connectivity index is 2.04. The van der Waals surface area contributed by atoms with Gasteiger partial charge >= 0.3 is 13.3 Å². The Bertz CT molecular complexity index is 926. The lowest BCUT2D eigenvalue weighted by Gasteiger charge is -2.22. The highest BCUT2D eigenvalue weighted by Gasteiger charge is 2.26. The van der Waals surface area contributed by atoms with E-state index in [0.717, 1.165) is 0 Å². The minimum atomic E-state index is -3.39. The summed E-state index contributed by atoms with van der Waals surface area (Å²) in [6.45, 7) is 4.11. The van der Waals surface area contributed by atoms with Crippen LogP contribution in [0.2, 0.25) is 0 Å². The van der Waals surface area contributed by atoms with Gasteiger partial charge in [-0.2, -0.15) is 4.98 Å². The molecule has 0 aliphatic heterocycles. The van der Waals surface area contributed by atoms with Crippen molar-refractivity contribution in [2.75, 3.05) is 38.6 Å². The average molecular weight is 453 g/mol. The molecule has 1 amide bonds. The van der Waals surface area contributed by atoms with Crippen LogP contribution in [0.4, 0.5) is 5.82 Å². The number of nitrogens with zero attached hydrogens (tertiary/aromatic N) is 2. The fourth-order valence-electron chi connectivity index (χ4n) is 2.68. The minimum Gasteiger partial charge on any atom is -0.382 e. The third-order valence-electron chi connectivity index (χ3n) is 4.02. The van der Waals surface area contributed by atoms with Gasteiger partial charge in [0.15, 0.2) is 0 Å². The van der Waals surface area contributed by atoms with Crippen LogP contribution in [0.5, 0.6) is 0 Å². The number of nitrogens with one attached hydrogen (secondary N) is 1. The van der Waals surface area contributed by atoms with E-state index in [-0.39, 0.29) is 44.4 Å². The summed E-state index contributed by atoms with van der Waals surface area (Å²) in [7, 11) is -1.90. The van der Waals surface area contributed by atoms with E-state index >= 15 is 0 Å². The second kappa shape index (κ2) is 12.5. The van der Waals surface area contributed by atoms with Crippen molar-refractivity contribution in [2.24, 2.45) is 0 Å². The Hall–Kier alpha value is -2.36. The van der Waals surface area contributed by atoms with Gasteiger partial charge < -0.3 is 23.8 Å².